The summed E-state index contributed by atoms with van der Waals surface area (Å²) in [5.41, 5.74) is 1.26. The minimum Gasteiger partial charge on any atom is -0.440 e. The van der Waals surface area contributed by atoms with Gasteiger partial charge in [0.2, 0.25) is 0 Å². The van der Waals surface area contributed by atoms with Gasteiger partial charge in [0.05, 0.1) is 0 Å². The van der Waals surface area contributed by atoms with Crippen molar-refractivity contribution in [2.24, 2.45) is 0 Å². The zero-order chi connectivity index (χ0) is 13.1. The van der Waals surface area contributed by atoms with Crippen LogP contribution in [0.1, 0.15) is 21.7 Å². The molecule has 1 aromatic carbocycles. The van der Waals surface area contributed by atoms with Gasteiger partial charge in [-0.25, -0.2) is 4.39 Å². The maximum absolute atomic E-state index is 13.3. The molecule has 0 fully saturated rings. The first kappa shape index (κ1) is 12.6. The summed E-state index contributed by atoms with van der Waals surface area (Å²) in [5, 5.41) is 2.77. The zero-order valence-electron chi connectivity index (χ0n) is 9.67. The summed E-state index contributed by atoms with van der Waals surface area (Å²) in [4.78, 5) is 11.6. The van der Waals surface area contributed by atoms with Crippen LogP contribution < -0.4 is 5.32 Å². The summed E-state index contributed by atoms with van der Waals surface area (Å²) in [6.45, 7) is 1.91. The molecule has 0 aliphatic rings. The van der Waals surface area contributed by atoms with E-state index in [4.69, 9.17) is 16.0 Å². The number of benzene rings is 1. The quantitative estimate of drug-likeness (QED) is 0.927. The Morgan fingerprint density at radius 2 is 2.17 bits per heavy atom. The van der Waals surface area contributed by atoms with E-state index in [1.165, 1.54) is 18.2 Å². The van der Waals surface area contributed by atoms with Crippen molar-refractivity contribution in [1.82, 2.24) is 5.32 Å². The molecular weight excluding hydrogens is 257 g/mol. The van der Waals surface area contributed by atoms with Crippen LogP contribution in [0.25, 0.3) is 0 Å². The Bertz CT molecular complexity index is 580. The van der Waals surface area contributed by atoms with Crippen molar-refractivity contribution in [3.8, 4) is 0 Å². The number of halogens is 2. The summed E-state index contributed by atoms with van der Waals surface area (Å²) in [5.74, 6) is -0.543. The Morgan fingerprint density at radius 3 is 2.78 bits per heavy atom. The van der Waals surface area contributed by atoms with Gasteiger partial charge < -0.3 is 9.73 Å². The van der Waals surface area contributed by atoms with Gasteiger partial charge in [0, 0.05) is 6.54 Å². The Labute approximate surface area is 109 Å². The number of carbonyl (C=O) groups is 1. The Morgan fingerprint density at radius 1 is 1.39 bits per heavy atom. The molecule has 0 radical (unpaired) electrons. The molecule has 0 bridgehead atoms. The lowest BCUT2D eigenvalue weighted by Gasteiger charge is -2.04. The zero-order valence-corrected chi connectivity index (χ0v) is 10.4. The fraction of sp³-hybridized carbons (Fsp3) is 0.154. The van der Waals surface area contributed by atoms with Crippen LogP contribution in [-0.2, 0) is 6.54 Å². The lowest BCUT2D eigenvalue weighted by Crippen LogP contribution is -2.22. The highest BCUT2D eigenvalue weighted by Gasteiger charge is 2.10. The maximum Gasteiger partial charge on any atom is 0.287 e. The van der Waals surface area contributed by atoms with Gasteiger partial charge in [-0.1, -0.05) is 12.1 Å². The summed E-state index contributed by atoms with van der Waals surface area (Å²) in [6, 6.07) is 7.79. The van der Waals surface area contributed by atoms with Crippen LogP contribution in [0.2, 0.25) is 5.22 Å². The number of amides is 1. The number of carbonyl (C=O) groups excluding carboxylic acids is 1. The second-order valence-electron chi connectivity index (χ2n) is 3.87. The second kappa shape index (κ2) is 5.23. The molecule has 2 rings (SSSR count). The molecule has 0 atom stereocenters. The largest absolute Gasteiger partial charge is 0.440 e. The third-order valence-corrected chi connectivity index (χ3v) is 2.69. The Kier molecular flexibility index (Phi) is 3.67. The Hall–Kier alpha value is -1.81. The van der Waals surface area contributed by atoms with Crippen molar-refractivity contribution in [3.63, 3.8) is 0 Å². The van der Waals surface area contributed by atoms with Crippen LogP contribution in [0.15, 0.2) is 34.7 Å². The molecule has 0 unspecified atom stereocenters. The number of hydrogen-bond donors (Lipinski definition) is 1. The molecule has 1 N–H and O–H groups in total. The third kappa shape index (κ3) is 2.90. The first-order valence-corrected chi connectivity index (χ1v) is 5.72. The monoisotopic (exact) mass is 267 g/mol. The van der Waals surface area contributed by atoms with E-state index in [1.807, 2.05) is 0 Å². The van der Waals surface area contributed by atoms with Gasteiger partial charge in [-0.05, 0) is 47.9 Å². The van der Waals surface area contributed by atoms with Crippen molar-refractivity contribution >= 4 is 17.5 Å². The van der Waals surface area contributed by atoms with Crippen LogP contribution in [0.4, 0.5) is 4.39 Å². The topological polar surface area (TPSA) is 42.2 Å². The smallest absolute Gasteiger partial charge is 0.287 e. The van der Waals surface area contributed by atoms with E-state index < -0.39 is 0 Å². The molecule has 1 aromatic heterocycles. The fourth-order valence-corrected chi connectivity index (χ4v) is 1.60. The fourth-order valence-electron chi connectivity index (χ4n) is 1.45. The molecule has 1 amide bonds. The van der Waals surface area contributed by atoms with E-state index in [-0.39, 0.29) is 29.2 Å². The Balaban J connectivity index is 1.99. The van der Waals surface area contributed by atoms with Crippen molar-refractivity contribution in [2.75, 3.05) is 0 Å². The predicted octanol–water partition coefficient (Wildman–Crippen LogP) is 3.31. The van der Waals surface area contributed by atoms with Crippen molar-refractivity contribution in [1.29, 1.82) is 0 Å². The van der Waals surface area contributed by atoms with Crippen LogP contribution >= 0.6 is 11.6 Å². The van der Waals surface area contributed by atoms with E-state index in [9.17, 15) is 9.18 Å². The molecule has 0 aliphatic heterocycles. The van der Waals surface area contributed by atoms with Crippen molar-refractivity contribution < 1.29 is 13.6 Å². The third-order valence-electron chi connectivity index (χ3n) is 2.49. The molecule has 0 saturated carbocycles. The minimum absolute atomic E-state index is 0.132. The molecule has 2 aromatic rings. The van der Waals surface area contributed by atoms with Crippen molar-refractivity contribution in [2.45, 2.75) is 13.5 Å². The highest BCUT2D eigenvalue weighted by atomic mass is 35.5. The van der Waals surface area contributed by atoms with Crippen LogP contribution in [0.3, 0.4) is 0 Å². The van der Waals surface area contributed by atoms with Crippen LogP contribution in [-0.4, -0.2) is 5.91 Å². The SMILES string of the molecule is Cc1ccc(CNC(=O)c2ccc(Cl)o2)cc1F. The predicted molar refractivity (Wildman–Crippen MR) is 66.0 cm³/mol. The summed E-state index contributed by atoms with van der Waals surface area (Å²) in [6.07, 6.45) is 0. The first-order valence-electron chi connectivity index (χ1n) is 5.35. The lowest BCUT2D eigenvalue weighted by atomic mass is 10.1. The maximum atomic E-state index is 13.3. The van der Waals surface area contributed by atoms with Gasteiger partial charge >= 0.3 is 0 Å². The average Bonchev–Trinajstić information content (AvgIpc) is 2.77. The number of rotatable bonds is 3. The van der Waals surface area contributed by atoms with E-state index in [1.54, 1.807) is 19.1 Å². The number of hydrogen-bond acceptors (Lipinski definition) is 2. The first-order chi connectivity index (χ1) is 8.56. The summed E-state index contributed by atoms with van der Waals surface area (Å²) < 4.78 is 18.2. The number of nitrogens with one attached hydrogen (secondary N) is 1. The second-order valence-corrected chi connectivity index (χ2v) is 4.24. The molecule has 0 saturated heterocycles. The van der Waals surface area contributed by atoms with E-state index in [2.05, 4.69) is 5.32 Å². The highest BCUT2D eigenvalue weighted by molar-refractivity contribution is 6.29. The molecule has 0 aliphatic carbocycles. The van der Waals surface area contributed by atoms with Gasteiger partial charge in [0.25, 0.3) is 5.91 Å². The molecule has 18 heavy (non-hydrogen) atoms. The molecule has 1 heterocycles. The molecule has 0 spiro atoms. The lowest BCUT2D eigenvalue weighted by molar-refractivity contribution is 0.0923. The van der Waals surface area contributed by atoms with Gasteiger partial charge in [0.1, 0.15) is 5.82 Å². The normalized spacial score (nSPS) is 10.4. The van der Waals surface area contributed by atoms with E-state index in [0.717, 1.165) is 0 Å². The molecule has 94 valence electrons. The molecule has 3 nitrogen and oxygen atoms in total. The average molecular weight is 268 g/mol. The van der Waals surface area contributed by atoms with Crippen LogP contribution in [0.5, 0.6) is 0 Å². The van der Waals surface area contributed by atoms with E-state index in [0.29, 0.717) is 11.1 Å². The van der Waals surface area contributed by atoms with E-state index >= 15 is 0 Å². The molecular formula is C13H11ClFNO2. The minimum atomic E-state index is -0.386. The van der Waals surface area contributed by atoms with Crippen molar-refractivity contribution in [3.05, 3.63) is 58.3 Å². The standard InChI is InChI=1S/C13H11ClFNO2/c1-8-2-3-9(6-10(8)15)7-16-13(17)11-4-5-12(14)18-11/h2-6H,7H2,1H3,(H,16,17). The van der Waals surface area contributed by atoms with Gasteiger partial charge in [0.15, 0.2) is 11.0 Å². The summed E-state index contributed by atoms with van der Waals surface area (Å²) >= 11 is 5.56. The van der Waals surface area contributed by atoms with Crippen LogP contribution in [0, 0.1) is 12.7 Å². The van der Waals surface area contributed by atoms with Gasteiger partial charge in [-0.15, -0.1) is 0 Å². The number of aryl methyl sites for hydroxylation is 1. The van der Waals surface area contributed by atoms with Gasteiger partial charge in [-0.2, -0.15) is 0 Å². The summed E-state index contributed by atoms with van der Waals surface area (Å²) in [7, 11) is 0. The number of furan rings is 1. The highest BCUT2D eigenvalue weighted by Crippen LogP contribution is 2.13. The molecule has 5 heteroatoms. The van der Waals surface area contributed by atoms with Gasteiger partial charge in [-0.3, -0.25) is 4.79 Å².